The van der Waals surface area contributed by atoms with E-state index in [0.717, 1.165) is 100 Å². The van der Waals surface area contributed by atoms with Crippen molar-refractivity contribution in [1.29, 1.82) is 0 Å². The second-order valence-corrected chi connectivity index (χ2v) is 23.0. The molecule has 4 aromatic heterocycles. The van der Waals surface area contributed by atoms with Crippen LogP contribution in [0, 0.1) is 17.2 Å². The van der Waals surface area contributed by atoms with Crippen LogP contribution < -0.4 is 24.9 Å². The predicted octanol–water partition coefficient (Wildman–Crippen LogP) is 8.15. The molecule has 7 aromatic rings. The number of H-pyrrole nitrogens is 1. The summed E-state index contributed by atoms with van der Waals surface area (Å²) in [6.07, 6.45) is 13.9. The van der Waals surface area contributed by atoms with Gasteiger partial charge in [0.1, 0.15) is 29.6 Å². The Morgan fingerprint density at radius 3 is 2.29 bits per heavy atom. The zero-order valence-corrected chi connectivity index (χ0v) is 43.7. The van der Waals surface area contributed by atoms with E-state index in [-0.39, 0.29) is 47.9 Å². The SMILES string of the molecule is CC(C)[C@@H](C(=O)N1C[C@H](O)C[C@H]1C(=O)NOc1ccc(-c2ccccc2F)cc1)c1cc(OC2CC3(C2)CC(N2CCC(c4cnc(N5C6CCC5CN(c5c[nH]c7nnc(-c8ccccc8O)cc57)C6)nc4)CC2)C3)no1. The second kappa shape index (κ2) is 20.3. The Balaban J connectivity index is 0.559. The Bertz CT molecular complexity index is 3300. The van der Waals surface area contributed by atoms with Crippen LogP contribution in [0.25, 0.3) is 33.4 Å². The molecule has 4 aliphatic heterocycles. The number of halogens is 1. The Morgan fingerprint density at radius 2 is 1.58 bits per heavy atom. The normalized spacial score (nSPS) is 25.6. The summed E-state index contributed by atoms with van der Waals surface area (Å²) in [5.74, 6) is 0.233. The van der Waals surface area contributed by atoms with Gasteiger partial charge in [0, 0.05) is 85.4 Å². The van der Waals surface area contributed by atoms with Gasteiger partial charge in [-0.05, 0) is 134 Å². The highest BCUT2D eigenvalue weighted by Gasteiger charge is 2.56. The number of aromatic nitrogens is 6. The molecule has 4 N–H and O–H groups in total. The third-order valence-electron chi connectivity index (χ3n) is 17.7. The third kappa shape index (κ3) is 9.43. The van der Waals surface area contributed by atoms with Crippen molar-refractivity contribution in [3.05, 3.63) is 121 Å². The number of carbonyl (C=O) groups excluding carboxylic acids is 2. The van der Waals surface area contributed by atoms with Crippen LogP contribution in [0.15, 0.2) is 108 Å². The lowest BCUT2D eigenvalue weighted by molar-refractivity contribution is -0.143. The molecule has 5 atom stereocenters. The van der Waals surface area contributed by atoms with Crippen LogP contribution >= 0.6 is 0 Å². The summed E-state index contributed by atoms with van der Waals surface area (Å²) in [4.78, 5) is 55.5. The Hall–Kier alpha value is -7.64. The lowest BCUT2D eigenvalue weighted by Gasteiger charge is -2.60. The number of phenols is 1. The average Bonchev–Trinajstić information content (AvgIpc) is 4.36. The Morgan fingerprint density at radius 1 is 0.859 bits per heavy atom. The van der Waals surface area contributed by atoms with Gasteiger partial charge in [-0.1, -0.05) is 56.3 Å². The Kier molecular flexibility index (Phi) is 13.0. The van der Waals surface area contributed by atoms with Crippen molar-refractivity contribution >= 4 is 34.5 Å². The number of β-amino-alcohol motifs (C(OH)–C–C–N with tert-alkyl or cyclic N) is 1. The van der Waals surface area contributed by atoms with Crippen molar-refractivity contribution in [2.75, 3.05) is 42.5 Å². The van der Waals surface area contributed by atoms with Crippen molar-refractivity contribution in [3.8, 4) is 39.8 Å². The van der Waals surface area contributed by atoms with E-state index >= 15 is 0 Å². The lowest BCUT2D eigenvalue weighted by Crippen LogP contribution is -2.59. The van der Waals surface area contributed by atoms with Crippen molar-refractivity contribution in [2.45, 2.75) is 120 Å². The molecule has 2 unspecified atom stereocenters. The first-order chi connectivity index (χ1) is 37.9. The maximum Gasteiger partial charge on any atom is 0.275 e. The van der Waals surface area contributed by atoms with Gasteiger partial charge in [0.25, 0.3) is 11.8 Å². The fraction of sp³-hybridized carbons (Fsp3) is 0.441. The maximum atomic E-state index is 14.3. The van der Waals surface area contributed by atoms with E-state index in [1.807, 2.05) is 38.2 Å². The molecule has 2 saturated carbocycles. The number of para-hydroxylation sites is 1. The number of aromatic amines is 1. The van der Waals surface area contributed by atoms with Crippen molar-refractivity contribution in [1.82, 2.24) is 45.6 Å². The predicted molar refractivity (Wildman–Crippen MR) is 288 cm³/mol. The summed E-state index contributed by atoms with van der Waals surface area (Å²) in [6, 6.07) is 24.2. The molecule has 2 aliphatic carbocycles. The number of hydroxylamine groups is 1. The molecule has 6 fully saturated rings. The number of aromatic hydroxyl groups is 1. The number of hydrogen-bond donors (Lipinski definition) is 4. The molecular formula is C59H64FN11O7. The number of fused-ring (bicyclic) bond motifs is 3. The number of piperazine rings is 1. The van der Waals surface area contributed by atoms with E-state index in [4.69, 9.17) is 24.1 Å². The molecule has 3 aromatic carbocycles. The highest BCUT2D eigenvalue weighted by molar-refractivity contribution is 5.93. The number of anilines is 2. The van der Waals surface area contributed by atoms with E-state index in [1.54, 1.807) is 60.7 Å². The van der Waals surface area contributed by atoms with Crippen LogP contribution in [0.1, 0.15) is 94.8 Å². The number of benzene rings is 3. The third-order valence-corrected chi connectivity index (χ3v) is 17.7. The van der Waals surface area contributed by atoms with E-state index in [9.17, 15) is 24.2 Å². The molecule has 0 radical (unpaired) electrons. The number of ether oxygens (including phenoxy) is 1. The van der Waals surface area contributed by atoms with Gasteiger partial charge in [-0.25, -0.2) is 14.4 Å². The molecule has 2 amide bonds. The van der Waals surface area contributed by atoms with Gasteiger partial charge in [-0.2, -0.15) is 5.48 Å². The number of hydrogen-bond acceptors (Lipinski definition) is 15. The fourth-order valence-electron chi connectivity index (χ4n) is 13.7. The first kappa shape index (κ1) is 49.9. The summed E-state index contributed by atoms with van der Waals surface area (Å²) >= 11 is 0. The molecule has 1 spiro atoms. The average molecular weight is 1060 g/mol. The number of nitrogens with one attached hydrogen (secondary N) is 2. The van der Waals surface area contributed by atoms with Gasteiger partial charge in [-0.3, -0.25) is 9.59 Å². The molecule has 4 saturated heterocycles. The number of likely N-dealkylation sites (tertiary alicyclic amines) is 2. The van der Waals surface area contributed by atoms with E-state index in [0.29, 0.717) is 63.8 Å². The summed E-state index contributed by atoms with van der Waals surface area (Å²) in [5.41, 5.74) is 8.20. The molecule has 2 bridgehead atoms. The fourth-order valence-corrected chi connectivity index (χ4v) is 13.7. The van der Waals surface area contributed by atoms with Crippen LogP contribution in [-0.2, 0) is 9.59 Å². The molecule has 18 nitrogen and oxygen atoms in total. The second-order valence-electron chi connectivity index (χ2n) is 23.0. The smallest absolute Gasteiger partial charge is 0.275 e. The summed E-state index contributed by atoms with van der Waals surface area (Å²) in [5, 5.41) is 35.2. The van der Waals surface area contributed by atoms with Gasteiger partial charge < -0.3 is 48.9 Å². The van der Waals surface area contributed by atoms with Crippen LogP contribution in [0.2, 0.25) is 0 Å². The molecule has 404 valence electrons. The molecule has 19 heteroatoms. The highest BCUT2D eigenvalue weighted by atomic mass is 19.1. The number of aliphatic hydroxyl groups is 1. The standard InChI is InChI=1S/C59H64FN11O7/c1-34(2)54(57(75)70-33-41(72)21-49(70)56(74)67-77-42-15-11-36(12-16-42)44-7-3-5-9-47(44)60)52-23-53(66-78-52)76-43-26-59(27-43)24-40(25-59)68-19-17-35(18-20-68)37-28-62-58(63-29-37)71-38-13-14-39(71)32-69(31-38)50-30-61-55-46(50)22-48(64-65-55)45-8-4-6-10-51(45)73/h3-12,15-16,22-23,28-30,34-35,38-41,43,49,54,72-73H,13-14,17-21,24-27,31-33H2,1-2H3,(H,61,65)(H,67,74)/t38?,39?,40?,41-,43?,49+,54-,59?/m1/s1. The number of phenolic OH excluding ortho intramolecular Hbond substituents is 1. The number of carbonyl (C=O) groups is 2. The van der Waals surface area contributed by atoms with E-state index in [1.165, 1.54) is 16.5 Å². The minimum absolute atomic E-state index is 0.0140. The summed E-state index contributed by atoms with van der Waals surface area (Å²) in [7, 11) is 0. The van der Waals surface area contributed by atoms with Crippen LogP contribution in [0.4, 0.5) is 16.0 Å². The van der Waals surface area contributed by atoms with Crippen LogP contribution in [-0.4, -0.2) is 131 Å². The monoisotopic (exact) mass is 1060 g/mol. The first-order valence-corrected chi connectivity index (χ1v) is 27.6. The molecular weight excluding hydrogens is 994 g/mol. The zero-order valence-electron chi connectivity index (χ0n) is 43.7. The Labute approximate surface area is 450 Å². The first-order valence-electron chi connectivity index (χ1n) is 27.6. The van der Waals surface area contributed by atoms with Gasteiger partial charge in [0.15, 0.2) is 17.2 Å². The summed E-state index contributed by atoms with van der Waals surface area (Å²) < 4.78 is 26.4. The minimum Gasteiger partial charge on any atom is -0.507 e. The topological polar surface area (TPSA) is 211 Å². The molecule has 13 rings (SSSR count). The van der Waals surface area contributed by atoms with Crippen molar-refractivity contribution in [3.63, 3.8) is 0 Å². The molecule has 6 aliphatic rings. The number of amides is 2. The number of piperidine rings is 1. The number of nitrogens with zero attached hydrogens (tertiary/aromatic N) is 9. The highest BCUT2D eigenvalue weighted by Crippen LogP contribution is 2.58. The van der Waals surface area contributed by atoms with E-state index < -0.39 is 24.0 Å². The zero-order chi connectivity index (χ0) is 53.2. The van der Waals surface area contributed by atoms with E-state index in [2.05, 4.69) is 52.9 Å². The quantitative estimate of drug-likeness (QED) is 0.0757. The minimum atomic E-state index is -0.971. The van der Waals surface area contributed by atoms with Gasteiger partial charge >= 0.3 is 0 Å². The van der Waals surface area contributed by atoms with Crippen molar-refractivity contribution in [2.24, 2.45) is 11.3 Å². The van der Waals surface area contributed by atoms with Crippen LogP contribution in [0.3, 0.4) is 0 Å². The largest absolute Gasteiger partial charge is 0.507 e. The van der Waals surface area contributed by atoms with Gasteiger partial charge in [-0.15, -0.1) is 10.2 Å². The number of aliphatic hydroxyl groups excluding tert-OH is 1. The lowest BCUT2D eigenvalue weighted by atomic mass is 9.52. The number of rotatable bonds is 14. The van der Waals surface area contributed by atoms with Crippen molar-refractivity contribution < 1.29 is 38.3 Å². The molecule has 78 heavy (non-hydrogen) atoms. The van der Waals surface area contributed by atoms with Gasteiger partial charge in [0.05, 0.1) is 17.5 Å². The maximum absolute atomic E-state index is 14.3. The van der Waals surface area contributed by atoms with Crippen LogP contribution in [0.5, 0.6) is 17.4 Å². The van der Waals surface area contributed by atoms with Gasteiger partial charge in [0.2, 0.25) is 11.9 Å². The molecule has 8 heterocycles. The summed E-state index contributed by atoms with van der Waals surface area (Å²) in [6.45, 7) is 7.65.